The number of carbonyl (C=O) groups is 1. The first-order valence-corrected chi connectivity index (χ1v) is 11.2. The first kappa shape index (κ1) is 21.4. The van der Waals surface area contributed by atoms with Crippen LogP contribution in [0.1, 0.15) is 75.3 Å². The van der Waals surface area contributed by atoms with Crippen molar-refractivity contribution >= 4 is 22.3 Å². The third kappa shape index (κ3) is 4.47. The van der Waals surface area contributed by atoms with E-state index in [1.807, 2.05) is 23.7 Å². The summed E-state index contributed by atoms with van der Waals surface area (Å²) < 4.78 is 8.05. The molecule has 2 heterocycles. The van der Waals surface area contributed by atoms with Gasteiger partial charge in [0.15, 0.2) is 4.96 Å². The van der Waals surface area contributed by atoms with Crippen molar-refractivity contribution in [1.82, 2.24) is 9.38 Å². The van der Waals surface area contributed by atoms with Gasteiger partial charge >= 0.3 is 5.97 Å². The zero-order valence-corrected chi connectivity index (χ0v) is 18.7. The summed E-state index contributed by atoms with van der Waals surface area (Å²) >= 11 is 1.43. The van der Waals surface area contributed by atoms with Crippen LogP contribution >= 0.6 is 11.3 Å². The number of benzene rings is 1. The van der Waals surface area contributed by atoms with Crippen molar-refractivity contribution in [2.75, 3.05) is 6.61 Å². The highest BCUT2D eigenvalue weighted by Gasteiger charge is 2.21. The maximum absolute atomic E-state index is 11.0. The van der Waals surface area contributed by atoms with Gasteiger partial charge in [0.1, 0.15) is 5.75 Å². The molecule has 29 heavy (non-hydrogen) atoms. The highest BCUT2D eigenvalue weighted by molar-refractivity contribution is 7.17. The van der Waals surface area contributed by atoms with E-state index in [4.69, 9.17) is 14.8 Å². The second-order valence-corrected chi connectivity index (χ2v) is 8.71. The molecule has 0 amide bonds. The van der Waals surface area contributed by atoms with Gasteiger partial charge in [-0.1, -0.05) is 27.7 Å². The van der Waals surface area contributed by atoms with E-state index in [9.17, 15) is 4.79 Å². The summed E-state index contributed by atoms with van der Waals surface area (Å²) in [5.74, 6) is 0.998. The lowest BCUT2D eigenvalue weighted by atomic mass is 9.87. The third-order valence-corrected chi connectivity index (χ3v) is 6.54. The molecule has 3 rings (SSSR count). The molecule has 1 aromatic carbocycles. The zero-order chi connectivity index (χ0) is 21.1. The van der Waals surface area contributed by atoms with Crippen LogP contribution in [0.2, 0.25) is 0 Å². The van der Waals surface area contributed by atoms with E-state index in [1.165, 1.54) is 22.5 Å². The second-order valence-electron chi connectivity index (χ2n) is 7.62. The Balaban J connectivity index is 2.11. The van der Waals surface area contributed by atoms with Crippen LogP contribution < -0.4 is 4.74 Å². The van der Waals surface area contributed by atoms with E-state index >= 15 is 0 Å². The monoisotopic (exact) mass is 414 g/mol. The van der Waals surface area contributed by atoms with Crippen molar-refractivity contribution in [3.63, 3.8) is 0 Å². The molecule has 2 aromatic heterocycles. The number of thiazole rings is 1. The molecule has 156 valence electrons. The first-order valence-electron chi connectivity index (χ1n) is 10.4. The van der Waals surface area contributed by atoms with Gasteiger partial charge in [0.05, 0.1) is 18.7 Å². The molecule has 2 atom stereocenters. The lowest BCUT2D eigenvalue weighted by Gasteiger charge is -2.23. The summed E-state index contributed by atoms with van der Waals surface area (Å²) in [4.78, 5) is 17.4. The van der Waals surface area contributed by atoms with Crippen molar-refractivity contribution in [3.05, 3.63) is 40.5 Å². The Hall–Kier alpha value is -2.34. The number of fused-ring (bicyclic) bond motifs is 1. The van der Waals surface area contributed by atoms with Gasteiger partial charge in [0.2, 0.25) is 0 Å². The molecule has 6 heteroatoms. The van der Waals surface area contributed by atoms with E-state index in [-0.39, 0.29) is 6.42 Å². The minimum Gasteiger partial charge on any atom is -0.493 e. The number of rotatable bonds is 9. The number of carboxylic acids is 1. The Morgan fingerprint density at radius 2 is 1.76 bits per heavy atom. The minimum absolute atomic E-state index is 0.0305. The smallest absolute Gasteiger partial charge is 0.308 e. The minimum atomic E-state index is -0.822. The van der Waals surface area contributed by atoms with Gasteiger partial charge in [-0.3, -0.25) is 9.20 Å². The fraction of sp³-hybridized carbons (Fsp3) is 0.478. The molecule has 5 nitrogen and oxygen atoms in total. The predicted molar refractivity (Wildman–Crippen MR) is 118 cm³/mol. The first-order chi connectivity index (χ1) is 13.9. The molecule has 0 aliphatic carbocycles. The number of hydrogen-bond acceptors (Lipinski definition) is 4. The van der Waals surface area contributed by atoms with Crippen molar-refractivity contribution in [2.45, 2.75) is 65.7 Å². The number of ether oxygens (including phenoxy) is 1. The van der Waals surface area contributed by atoms with E-state index in [0.717, 1.165) is 39.7 Å². The standard InChI is InChI=1S/C23H30N2O3S/c1-6-14(4)18-9-16(10-19(15(5)7-2)22(18)28-8-3)20-13-25-12-17(11-21(26)27)29-23(25)24-20/h9-10,12-15H,6-8,11H2,1-5H3,(H,26,27). The topological polar surface area (TPSA) is 63.8 Å². The Morgan fingerprint density at radius 3 is 2.24 bits per heavy atom. The maximum Gasteiger partial charge on any atom is 0.308 e. The zero-order valence-electron chi connectivity index (χ0n) is 17.9. The summed E-state index contributed by atoms with van der Waals surface area (Å²) in [7, 11) is 0. The molecular formula is C23H30N2O3S. The number of hydrogen-bond donors (Lipinski definition) is 1. The van der Waals surface area contributed by atoms with Crippen molar-refractivity contribution in [1.29, 1.82) is 0 Å². The highest BCUT2D eigenvalue weighted by atomic mass is 32.1. The van der Waals surface area contributed by atoms with Crippen molar-refractivity contribution in [3.8, 4) is 17.0 Å². The van der Waals surface area contributed by atoms with Crippen LogP contribution in [0.15, 0.2) is 24.5 Å². The molecule has 0 aliphatic rings. The normalized spacial score (nSPS) is 13.6. The molecule has 0 bridgehead atoms. The number of imidazole rings is 1. The summed E-state index contributed by atoms with van der Waals surface area (Å²) in [6, 6.07) is 4.44. The third-order valence-electron chi connectivity index (χ3n) is 5.55. The Labute approximate surface area is 176 Å². The van der Waals surface area contributed by atoms with Gasteiger partial charge in [-0.15, -0.1) is 11.3 Å². The largest absolute Gasteiger partial charge is 0.493 e. The molecule has 0 spiro atoms. The number of nitrogens with zero attached hydrogens (tertiary/aromatic N) is 2. The molecule has 0 saturated heterocycles. The fourth-order valence-electron chi connectivity index (χ4n) is 3.52. The van der Waals surface area contributed by atoms with E-state index < -0.39 is 5.97 Å². The molecule has 1 N–H and O–H groups in total. The fourth-order valence-corrected chi connectivity index (χ4v) is 4.47. The van der Waals surface area contributed by atoms with Gasteiger partial charge in [-0.2, -0.15) is 0 Å². The average Bonchev–Trinajstić information content (AvgIpc) is 3.25. The summed E-state index contributed by atoms with van der Waals surface area (Å²) in [6.45, 7) is 11.6. The molecule has 0 aliphatic heterocycles. The molecular weight excluding hydrogens is 384 g/mol. The second kappa shape index (κ2) is 8.99. The number of aromatic nitrogens is 2. The van der Waals surface area contributed by atoms with Crippen molar-refractivity contribution < 1.29 is 14.6 Å². The van der Waals surface area contributed by atoms with Crippen molar-refractivity contribution in [2.24, 2.45) is 0 Å². The Morgan fingerprint density at radius 1 is 1.14 bits per heavy atom. The van der Waals surface area contributed by atoms with Crippen LogP contribution in [0.25, 0.3) is 16.2 Å². The lowest BCUT2D eigenvalue weighted by molar-refractivity contribution is -0.136. The van der Waals surface area contributed by atoms with Crippen LogP contribution in [0, 0.1) is 0 Å². The van der Waals surface area contributed by atoms with Gasteiger partial charge < -0.3 is 9.84 Å². The van der Waals surface area contributed by atoms with Gasteiger partial charge in [-0.25, -0.2) is 4.98 Å². The van der Waals surface area contributed by atoms with Crippen LogP contribution in [-0.4, -0.2) is 27.1 Å². The SMILES string of the molecule is CCOc1c(C(C)CC)cc(-c2cn3cc(CC(=O)O)sc3n2)cc1C(C)CC. The predicted octanol–water partition coefficient (Wildman–Crippen LogP) is 6.12. The molecule has 0 saturated carbocycles. The summed E-state index contributed by atoms with van der Waals surface area (Å²) in [5, 5.41) is 9.01. The van der Waals surface area contributed by atoms with Gasteiger partial charge in [0.25, 0.3) is 0 Å². The molecule has 0 fully saturated rings. The molecule has 3 aromatic rings. The van der Waals surface area contributed by atoms with Crippen LogP contribution in [-0.2, 0) is 11.2 Å². The van der Waals surface area contributed by atoms with E-state index in [1.54, 1.807) is 0 Å². The van der Waals surface area contributed by atoms with Gasteiger partial charge in [0, 0.05) is 22.8 Å². The summed E-state index contributed by atoms with van der Waals surface area (Å²) in [6.07, 6.45) is 5.97. The van der Waals surface area contributed by atoms with Gasteiger partial charge in [-0.05, 0) is 54.9 Å². The van der Waals surface area contributed by atoms with Crippen LogP contribution in [0.3, 0.4) is 0 Å². The lowest BCUT2D eigenvalue weighted by Crippen LogP contribution is -2.06. The maximum atomic E-state index is 11.0. The Kier molecular flexibility index (Phi) is 6.63. The van der Waals surface area contributed by atoms with Crippen LogP contribution in [0.5, 0.6) is 5.75 Å². The van der Waals surface area contributed by atoms with E-state index in [2.05, 4.69) is 39.8 Å². The Bertz CT molecular complexity index is 942. The molecule has 2 unspecified atom stereocenters. The number of carboxylic acid groups (broad SMARTS) is 1. The quantitative estimate of drug-likeness (QED) is 0.458. The highest BCUT2D eigenvalue weighted by Crippen LogP contribution is 2.40. The number of aliphatic carboxylic acids is 1. The summed E-state index contributed by atoms with van der Waals surface area (Å²) in [5.41, 5.74) is 4.49. The van der Waals surface area contributed by atoms with E-state index in [0.29, 0.717) is 18.4 Å². The average molecular weight is 415 g/mol. The van der Waals surface area contributed by atoms with Crippen LogP contribution in [0.4, 0.5) is 0 Å². The molecule has 0 radical (unpaired) electrons.